The van der Waals surface area contributed by atoms with Crippen molar-refractivity contribution >= 4 is 28.4 Å². The number of benzene rings is 2. The Balaban J connectivity index is 2.35. The third kappa shape index (κ3) is 2.62. The summed E-state index contributed by atoms with van der Waals surface area (Å²) in [5, 5.41) is 10.1. The lowest BCUT2D eigenvalue weighted by Gasteiger charge is -2.12. The summed E-state index contributed by atoms with van der Waals surface area (Å²) in [4.78, 5) is 12.3. The fourth-order valence-corrected chi connectivity index (χ4v) is 2.31. The average molecular weight is 352 g/mol. The van der Waals surface area contributed by atoms with E-state index in [9.17, 15) is 9.90 Å². The van der Waals surface area contributed by atoms with Crippen LogP contribution >= 0.6 is 22.6 Å². The van der Waals surface area contributed by atoms with Crippen LogP contribution in [0.1, 0.15) is 27.6 Å². The highest BCUT2D eigenvalue weighted by Crippen LogP contribution is 2.22. The molecule has 0 aliphatic heterocycles. The Hall–Kier alpha value is -1.20. The molecule has 3 heteroatoms. The van der Waals surface area contributed by atoms with Crippen LogP contribution in [0.3, 0.4) is 0 Å². The van der Waals surface area contributed by atoms with E-state index in [1.165, 1.54) is 0 Å². The molecule has 2 aromatic rings. The Bertz CT molecular complexity index is 564. The Kier molecular flexibility index (Phi) is 4.14. The van der Waals surface area contributed by atoms with Crippen LogP contribution in [0.2, 0.25) is 0 Å². The first kappa shape index (κ1) is 13.2. The van der Waals surface area contributed by atoms with Gasteiger partial charge in [-0.2, -0.15) is 0 Å². The molecule has 0 aliphatic rings. The van der Waals surface area contributed by atoms with Gasteiger partial charge in [-0.05, 0) is 46.7 Å². The molecule has 0 saturated heterocycles. The zero-order chi connectivity index (χ0) is 13.1. The maximum atomic E-state index is 12.3. The van der Waals surface area contributed by atoms with Gasteiger partial charge in [0.1, 0.15) is 6.10 Å². The second kappa shape index (κ2) is 5.63. The Labute approximate surface area is 120 Å². The largest absolute Gasteiger partial charge is 0.380 e. The number of carbonyl (C=O) groups is 1. The lowest BCUT2D eigenvalue weighted by Crippen LogP contribution is -2.14. The van der Waals surface area contributed by atoms with E-state index in [4.69, 9.17) is 0 Å². The van der Waals surface area contributed by atoms with E-state index in [2.05, 4.69) is 22.6 Å². The van der Waals surface area contributed by atoms with E-state index in [0.717, 1.165) is 9.13 Å². The van der Waals surface area contributed by atoms with Crippen LogP contribution in [-0.4, -0.2) is 10.9 Å². The maximum absolute atomic E-state index is 12.3. The van der Waals surface area contributed by atoms with Gasteiger partial charge in [-0.1, -0.05) is 42.5 Å². The summed E-state index contributed by atoms with van der Waals surface area (Å²) < 4.78 is 1.03. The minimum atomic E-state index is -1.09. The second-order valence-electron chi connectivity index (χ2n) is 4.09. The van der Waals surface area contributed by atoms with E-state index in [-0.39, 0.29) is 5.78 Å². The van der Waals surface area contributed by atoms with Crippen LogP contribution in [0.5, 0.6) is 0 Å². The zero-order valence-corrected chi connectivity index (χ0v) is 12.1. The van der Waals surface area contributed by atoms with Crippen molar-refractivity contribution in [1.82, 2.24) is 0 Å². The van der Waals surface area contributed by atoms with Gasteiger partial charge in [0, 0.05) is 9.13 Å². The minimum absolute atomic E-state index is 0.253. The molecule has 0 fully saturated rings. The fourth-order valence-electron chi connectivity index (χ4n) is 1.81. The van der Waals surface area contributed by atoms with Crippen molar-refractivity contribution in [2.75, 3.05) is 0 Å². The van der Waals surface area contributed by atoms with Crippen molar-refractivity contribution in [3.63, 3.8) is 0 Å². The van der Waals surface area contributed by atoms with Crippen molar-refractivity contribution in [3.8, 4) is 0 Å². The van der Waals surface area contributed by atoms with Gasteiger partial charge in [0.15, 0.2) is 5.78 Å². The number of Topliss-reactive ketones (excluding diaryl/α,β-unsaturated/α-hetero) is 1. The molecular formula is C15H13IO2. The Morgan fingerprint density at radius 3 is 2.44 bits per heavy atom. The molecule has 2 rings (SSSR count). The SMILES string of the molecule is Cc1c(I)cccc1C(=O)C(O)c1ccccc1. The summed E-state index contributed by atoms with van der Waals surface area (Å²) >= 11 is 2.19. The summed E-state index contributed by atoms with van der Waals surface area (Å²) in [5.74, 6) is -0.253. The molecule has 0 aliphatic carbocycles. The van der Waals surface area contributed by atoms with Gasteiger partial charge in [0.05, 0.1) is 0 Å². The van der Waals surface area contributed by atoms with Gasteiger partial charge in [-0.25, -0.2) is 0 Å². The molecule has 0 bridgehead atoms. The predicted molar refractivity (Wildman–Crippen MR) is 79.6 cm³/mol. The number of aliphatic hydroxyl groups is 1. The molecule has 18 heavy (non-hydrogen) atoms. The first-order valence-electron chi connectivity index (χ1n) is 5.63. The van der Waals surface area contributed by atoms with E-state index in [1.807, 2.05) is 37.3 Å². The maximum Gasteiger partial charge on any atom is 0.196 e. The van der Waals surface area contributed by atoms with Crippen LogP contribution in [0.15, 0.2) is 48.5 Å². The predicted octanol–water partition coefficient (Wildman–Crippen LogP) is 3.52. The molecular weight excluding hydrogens is 339 g/mol. The van der Waals surface area contributed by atoms with Gasteiger partial charge in [0.25, 0.3) is 0 Å². The first-order valence-corrected chi connectivity index (χ1v) is 6.71. The molecule has 1 atom stereocenters. The number of ketones is 1. The monoisotopic (exact) mass is 352 g/mol. The zero-order valence-electron chi connectivity index (χ0n) is 9.93. The number of hydrogen-bond acceptors (Lipinski definition) is 2. The van der Waals surface area contributed by atoms with Crippen LogP contribution in [0.4, 0.5) is 0 Å². The van der Waals surface area contributed by atoms with Crippen molar-refractivity contribution in [3.05, 3.63) is 68.8 Å². The topological polar surface area (TPSA) is 37.3 Å². The van der Waals surface area contributed by atoms with E-state index in [1.54, 1.807) is 18.2 Å². The van der Waals surface area contributed by atoms with Crippen LogP contribution in [0.25, 0.3) is 0 Å². The lowest BCUT2D eigenvalue weighted by molar-refractivity contribution is 0.0746. The third-order valence-corrected chi connectivity index (χ3v) is 4.07. The molecule has 2 nitrogen and oxygen atoms in total. The summed E-state index contributed by atoms with van der Waals surface area (Å²) in [6.07, 6.45) is -1.09. The van der Waals surface area contributed by atoms with Crippen molar-refractivity contribution in [2.45, 2.75) is 13.0 Å². The molecule has 92 valence electrons. The van der Waals surface area contributed by atoms with Crippen LogP contribution < -0.4 is 0 Å². The number of aliphatic hydroxyl groups excluding tert-OH is 1. The van der Waals surface area contributed by atoms with E-state index >= 15 is 0 Å². The molecule has 0 saturated carbocycles. The number of rotatable bonds is 3. The van der Waals surface area contributed by atoms with Crippen molar-refractivity contribution in [1.29, 1.82) is 0 Å². The summed E-state index contributed by atoms with van der Waals surface area (Å²) in [7, 11) is 0. The van der Waals surface area contributed by atoms with Crippen LogP contribution in [0, 0.1) is 10.5 Å². The number of carbonyl (C=O) groups excluding carboxylic acids is 1. The molecule has 0 heterocycles. The van der Waals surface area contributed by atoms with Crippen LogP contribution in [-0.2, 0) is 0 Å². The molecule has 2 aromatic carbocycles. The molecule has 0 aromatic heterocycles. The highest BCUT2D eigenvalue weighted by atomic mass is 127. The Morgan fingerprint density at radius 2 is 1.78 bits per heavy atom. The van der Waals surface area contributed by atoms with Gasteiger partial charge >= 0.3 is 0 Å². The van der Waals surface area contributed by atoms with Gasteiger partial charge in [-0.15, -0.1) is 0 Å². The first-order chi connectivity index (χ1) is 8.61. The normalized spacial score (nSPS) is 12.2. The van der Waals surface area contributed by atoms with Crippen molar-refractivity contribution in [2.24, 2.45) is 0 Å². The molecule has 0 spiro atoms. The number of hydrogen-bond donors (Lipinski definition) is 1. The van der Waals surface area contributed by atoms with Gasteiger partial charge in [0.2, 0.25) is 0 Å². The summed E-state index contributed by atoms with van der Waals surface area (Å²) in [6.45, 7) is 1.90. The van der Waals surface area contributed by atoms with E-state index in [0.29, 0.717) is 11.1 Å². The highest BCUT2D eigenvalue weighted by Gasteiger charge is 2.20. The molecule has 1 unspecified atom stereocenters. The molecule has 0 amide bonds. The van der Waals surface area contributed by atoms with E-state index < -0.39 is 6.10 Å². The third-order valence-electron chi connectivity index (χ3n) is 2.90. The summed E-state index contributed by atoms with van der Waals surface area (Å²) in [6, 6.07) is 14.5. The number of halogens is 1. The molecule has 1 N–H and O–H groups in total. The standard InChI is InChI=1S/C15H13IO2/c1-10-12(8-5-9-13(10)16)15(18)14(17)11-6-3-2-4-7-11/h2-9,14,17H,1H3. The average Bonchev–Trinajstić information content (AvgIpc) is 2.41. The smallest absolute Gasteiger partial charge is 0.196 e. The minimum Gasteiger partial charge on any atom is -0.380 e. The lowest BCUT2D eigenvalue weighted by atomic mass is 9.97. The quantitative estimate of drug-likeness (QED) is 0.678. The Morgan fingerprint density at radius 1 is 1.11 bits per heavy atom. The fraction of sp³-hybridized carbons (Fsp3) is 0.133. The molecule has 0 radical (unpaired) electrons. The second-order valence-corrected chi connectivity index (χ2v) is 5.25. The van der Waals surface area contributed by atoms with Crippen molar-refractivity contribution < 1.29 is 9.90 Å². The van der Waals surface area contributed by atoms with Gasteiger partial charge < -0.3 is 5.11 Å². The highest BCUT2D eigenvalue weighted by molar-refractivity contribution is 14.1. The van der Waals surface area contributed by atoms with Gasteiger partial charge in [-0.3, -0.25) is 4.79 Å². The summed E-state index contributed by atoms with van der Waals surface area (Å²) in [5.41, 5.74) is 2.12.